The van der Waals surface area contributed by atoms with E-state index in [2.05, 4.69) is 12.3 Å². The van der Waals surface area contributed by atoms with E-state index in [0.717, 1.165) is 11.1 Å². The van der Waals surface area contributed by atoms with Crippen LogP contribution in [-0.2, 0) is 0 Å². The first-order chi connectivity index (χ1) is 5.25. The average molecular weight is 146 g/mol. The van der Waals surface area contributed by atoms with E-state index in [1.54, 1.807) is 0 Å². The fourth-order valence-corrected chi connectivity index (χ4v) is 0.934. The van der Waals surface area contributed by atoms with Crippen molar-refractivity contribution in [1.29, 1.82) is 0 Å². The maximum Gasteiger partial charge on any atom is 0.166 e. The van der Waals surface area contributed by atoms with Gasteiger partial charge in [0.25, 0.3) is 0 Å². The van der Waals surface area contributed by atoms with E-state index >= 15 is 0 Å². The van der Waals surface area contributed by atoms with Gasteiger partial charge in [-0.25, -0.2) is 0 Å². The minimum atomic E-state index is 0.114. The molecule has 1 heteroatoms. The third-order valence-corrected chi connectivity index (χ3v) is 1.57. The van der Waals surface area contributed by atoms with E-state index in [0.29, 0.717) is 0 Å². The van der Waals surface area contributed by atoms with Crippen LogP contribution in [0.3, 0.4) is 0 Å². The second kappa shape index (κ2) is 3.09. The third-order valence-electron chi connectivity index (χ3n) is 1.57. The van der Waals surface area contributed by atoms with Crippen molar-refractivity contribution >= 4 is 5.76 Å². The standard InChI is InChI=1S/C10H10O/c1-3-10(11)9-7-5-4-6-8(9)2/h4-7,11H,1H2,2H3. The summed E-state index contributed by atoms with van der Waals surface area (Å²) in [6.45, 7) is 5.30. The molecular formula is C10H10O. The van der Waals surface area contributed by atoms with Crippen molar-refractivity contribution in [3.05, 3.63) is 47.7 Å². The molecule has 1 nitrogen and oxygen atoms in total. The zero-order chi connectivity index (χ0) is 8.27. The van der Waals surface area contributed by atoms with E-state index in [4.69, 9.17) is 0 Å². The first-order valence-corrected chi connectivity index (χ1v) is 3.40. The molecule has 0 aliphatic rings. The van der Waals surface area contributed by atoms with Crippen molar-refractivity contribution in [3.8, 4) is 0 Å². The predicted octanol–water partition coefficient (Wildman–Crippen LogP) is 2.68. The zero-order valence-corrected chi connectivity index (χ0v) is 6.46. The van der Waals surface area contributed by atoms with Gasteiger partial charge in [0.1, 0.15) is 0 Å². The van der Waals surface area contributed by atoms with E-state index < -0.39 is 0 Å². The SMILES string of the molecule is C=C=C(O)c1ccccc1C. The maximum atomic E-state index is 9.25. The number of aliphatic hydroxyl groups excluding tert-OH is 1. The summed E-state index contributed by atoms with van der Waals surface area (Å²) < 4.78 is 0. The molecule has 1 aromatic rings. The van der Waals surface area contributed by atoms with Crippen LogP contribution in [0.4, 0.5) is 0 Å². The fraction of sp³-hybridized carbons (Fsp3) is 0.100. The van der Waals surface area contributed by atoms with Gasteiger partial charge < -0.3 is 5.11 Å². The Hall–Kier alpha value is -1.46. The van der Waals surface area contributed by atoms with Crippen LogP contribution in [0.5, 0.6) is 0 Å². The predicted molar refractivity (Wildman–Crippen MR) is 46.4 cm³/mol. The lowest BCUT2D eigenvalue weighted by atomic mass is 10.1. The fourth-order valence-electron chi connectivity index (χ4n) is 0.934. The molecule has 0 heterocycles. The smallest absolute Gasteiger partial charge is 0.166 e. The summed E-state index contributed by atoms with van der Waals surface area (Å²) in [5.41, 5.74) is 4.27. The van der Waals surface area contributed by atoms with Gasteiger partial charge in [-0.05, 0) is 12.5 Å². The molecule has 0 saturated heterocycles. The van der Waals surface area contributed by atoms with Gasteiger partial charge >= 0.3 is 0 Å². The molecule has 1 rings (SSSR count). The number of hydrogen-bond acceptors (Lipinski definition) is 1. The highest BCUT2D eigenvalue weighted by Gasteiger charge is 1.98. The molecule has 0 spiro atoms. The number of aliphatic hydroxyl groups is 1. The number of benzene rings is 1. The number of rotatable bonds is 1. The lowest BCUT2D eigenvalue weighted by Crippen LogP contribution is -1.84. The Balaban J connectivity index is 3.24. The van der Waals surface area contributed by atoms with Crippen molar-refractivity contribution in [3.63, 3.8) is 0 Å². The third kappa shape index (κ3) is 1.51. The van der Waals surface area contributed by atoms with E-state index in [-0.39, 0.29) is 5.76 Å². The van der Waals surface area contributed by atoms with Crippen molar-refractivity contribution < 1.29 is 5.11 Å². The van der Waals surface area contributed by atoms with E-state index in [1.165, 1.54) is 0 Å². The molecule has 0 aliphatic heterocycles. The summed E-state index contributed by atoms with van der Waals surface area (Å²) in [5, 5.41) is 9.25. The summed E-state index contributed by atoms with van der Waals surface area (Å²) in [6.07, 6.45) is 0. The van der Waals surface area contributed by atoms with Gasteiger partial charge in [-0.15, -0.1) is 0 Å². The average Bonchev–Trinajstić information content (AvgIpc) is 2.04. The molecule has 1 N–H and O–H groups in total. The molecule has 0 atom stereocenters. The Morgan fingerprint density at radius 3 is 2.64 bits per heavy atom. The summed E-state index contributed by atoms with van der Waals surface area (Å²) >= 11 is 0. The van der Waals surface area contributed by atoms with Crippen molar-refractivity contribution in [2.24, 2.45) is 0 Å². The second-order valence-corrected chi connectivity index (χ2v) is 2.34. The highest BCUT2D eigenvalue weighted by atomic mass is 16.3. The summed E-state index contributed by atoms with van der Waals surface area (Å²) in [7, 11) is 0. The summed E-state index contributed by atoms with van der Waals surface area (Å²) in [6, 6.07) is 7.57. The quantitative estimate of drug-likeness (QED) is 0.477. The molecule has 0 bridgehead atoms. The molecule has 56 valence electrons. The topological polar surface area (TPSA) is 20.2 Å². The molecule has 0 aromatic heterocycles. The summed E-state index contributed by atoms with van der Waals surface area (Å²) in [4.78, 5) is 0. The first kappa shape index (κ1) is 7.64. The highest BCUT2D eigenvalue weighted by Crippen LogP contribution is 2.13. The van der Waals surface area contributed by atoms with Crippen LogP contribution in [0.2, 0.25) is 0 Å². The maximum absolute atomic E-state index is 9.25. The van der Waals surface area contributed by atoms with Crippen LogP contribution in [-0.4, -0.2) is 5.11 Å². The van der Waals surface area contributed by atoms with Gasteiger partial charge in [0.15, 0.2) is 5.76 Å². The Bertz CT molecular complexity index is 306. The number of hydrogen-bond donors (Lipinski definition) is 1. The molecule has 0 radical (unpaired) electrons. The lowest BCUT2D eigenvalue weighted by Gasteiger charge is -2.00. The molecule has 11 heavy (non-hydrogen) atoms. The second-order valence-electron chi connectivity index (χ2n) is 2.34. The van der Waals surface area contributed by atoms with Gasteiger partial charge in [0.2, 0.25) is 0 Å². The Labute approximate surface area is 66.3 Å². The van der Waals surface area contributed by atoms with Crippen LogP contribution in [0.1, 0.15) is 11.1 Å². The van der Waals surface area contributed by atoms with E-state index in [9.17, 15) is 5.11 Å². The highest BCUT2D eigenvalue weighted by molar-refractivity contribution is 5.60. The van der Waals surface area contributed by atoms with Crippen molar-refractivity contribution in [2.75, 3.05) is 0 Å². The van der Waals surface area contributed by atoms with Gasteiger partial charge in [-0.3, -0.25) is 0 Å². The van der Waals surface area contributed by atoms with Gasteiger partial charge in [-0.2, -0.15) is 0 Å². The van der Waals surface area contributed by atoms with Gasteiger partial charge in [0.05, 0.1) is 0 Å². The van der Waals surface area contributed by atoms with Crippen molar-refractivity contribution in [2.45, 2.75) is 6.92 Å². The van der Waals surface area contributed by atoms with Crippen LogP contribution in [0.25, 0.3) is 5.76 Å². The molecule has 0 saturated carbocycles. The van der Waals surface area contributed by atoms with Gasteiger partial charge in [0, 0.05) is 5.56 Å². The summed E-state index contributed by atoms with van der Waals surface area (Å²) in [5.74, 6) is 0.114. The largest absolute Gasteiger partial charge is 0.501 e. The zero-order valence-electron chi connectivity index (χ0n) is 6.46. The molecule has 0 fully saturated rings. The lowest BCUT2D eigenvalue weighted by molar-refractivity contribution is 0.512. The van der Waals surface area contributed by atoms with E-state index in [1.807, 2.05) is 31.2 Å². The molecule has 0 amide bonds. The van der Waals surface area contributed by atoms with Crippen LogP contribution < -0.4 is 0 Å². The van der Waals surface area contributed by atoms with Crippen LogP contribution >= 0.6 is 0 Å². The van der Waals surface area contributed by atoms with Crippen LogP contribution in [0, 0.1) is 6.92 Å². The minimum Gasteiger partial charge on any atom is -0.501 e. The Kier molecular flexibility index (Phi) is 2.15. The van der Waals surface area contributed by atoms with Gasteiger partial charge in [-0.1, -0.05) is 36.6 Å². The first-order valence-electron chi connectivity index (χ1n) is 3.40. The Morgan fingerprint density at radius 2 is 2.09 bits per heavy atom. The minimum absolute atomic E-state index is 0.114. The van der Waals surface area contributed by atoms with Crippen LogP contribution in [0.15, 0.2) is 36.6 Å². The van der Waals surface area contributed by atoms with Crippen molar-refractivity contribution in [1.82, 2.24) is 0 Å². The normalized spacial score (nSPS) is 8.82. The Morgan fingerprint density at radius 1 is 1.45 bits per heavy atom. The molecule has 0 unspecified atom stereocenters. The molecule has 0 aliphatic carbocycles. The number of aryl methyl sites for hydroxylation is 1. The molecule has 1 aromatic carbocycles. The monoisotopic (exact) mass is 146 g/mol. The molecular weight excluding hydrogens is 136 g/mol.